The van der Waals surface area contributed by atoms with Crippen LogP contribution in [-0.4, -0.2) is 15.6 Å². The Labute approximate surface area is 72.4 Å². The van der Waals surface area contributed by atoms with E-state index < -0.39 is 0 Å². The fraction of sp³-hybridized carbons (Fsp3) is 0.556. The van der Waals surface area contributed by atoms with Crippen molar-refractivity contribution in [2.45, 2.75) is 26.7 Å². The molecule has 0 aromatic carbocycles. The Hall–Kier alpha value is -1.12. The van der Waals surface area contributed by atoms with E-state index in [1.807, 2.05) is 13.8 Å². The monoisotopic (exact) mass is 166 g/mol. The molecule has 0 aliphatic rings. The minimum Gasteiger partial charge on any atom is -0.292 e. The number of rotatable bonds is 3. The summed E-state index contributed by atoms with van der Waals surface area (Å²) in [7, 11) is 1.80. The number of Topliss-reactive ketones (excluding diaryl/α,β-unsaturated/α-hetero) is 1. The normalized spacial score (nSPS) is 10.2. The summed E-state index contributed by atoms with van der Waals surface area (Å²) in [6.07, 6.45) is 3.23. The van der Waals surface area contributed by atoms with Gasteiger partial charge in [-0.2, -0.15) is 5.10 Å². The highest BCUT2D eigenvalue weighted by atomic mass is 16.1. The fourth-order valence-electron chi connectivity index (χ4n) is 1.29. The van der Waals surface area contributed by atoms with E-state index in [4.69, 9.17) is 0 Å². The number of carbonyl (C=O) groups excluding carboxylic acids is 1. The molecule has 3 nitrogen and oxygen atoms in total. The highest BCUT2D eigenvalue weighted by Crippen LogP contribution is 2.09. The SMILES string of the molecule is CCCC(=O)c1c(C)cnn1C. The number of aryl methyl sites for hydroxylation is 2. The molecule has 0 saturated heterocycles. The third-order valence-corrected chi connectivity index (χ3v) is 1.86. The molecule has 0 aliphatic heterocycles. The largest absolute Gasteiger partial charge is 0.292 e. The Morgan fingerprint density at radius 1 is 1.67 bits per heavy atom. The van der Waals surface area contributed by atoms with Crippen molar-refractivity contribution in [3.63, 3.8) is 0 Å². The smallest absolute Gasteiger partial charge is 0.181 e. The van der Waals surface area contributed by atoms with Crippen LogP contribution in [0.1, 0.15) is 35.8 Å². The van der Waals surface area contributed by atoms with E-state index in [9.17, 15) is 4.79 Å². The van der Waals surface area contributed by atoms with Gasteiger partial charge in [0, 0.05) is 13.5 Å². The Morgan fingerprint density at radius 2 is 2.33 bits per heavy atom. The molecule has 0 spiro atoms. The van der Waals surface area contributed by atoms with Gasteiger partial charge in [0.15, 0.2) is 5.78 Å². The summed E-state index contributed by atoms with van der Waals surface area (Å²) in [6.45, 7) is 3.92. The zero-order valence-corrected chi connectivity index (χ0v) is 7.79. The van der Waals surface area contributed by atoms with E-state index in [1.165, 1.54) is 0 Å². The van der Waals surface area contributed by atoms with Crippen molar-refractivity contribution in [3.8, 4) is 0 Å². The molecule has 1 aromatic rings. The van der Waals surface area contributed by atoms with Gasteiger partial charge in [-0.15, -0.1) is 0 Å². The molecule has 3 heteroatoms. The Morgan fingerprint density at radius 3 is 2.75 bits per heavy atom. The topological polar surface area (TPSA) is 34.9 Å². The first-order chi connectivity index (χ1) is 5.66. The van der Waals surface area contributed by atoms with Gasteiger partial charge >= 0.3 is 0 Å². The lowest BCUT2D eigenvalue weighted by Crippen LogP contribution is -2.07. The van der Waals surface area contributed by atoms with Crippen LogP contribution < -0.4 is 0 Å². The molecule has 0 bridgehead atoms. The maximum Gasteiger partial charge on any atom is 0.181 e. The number of ketones is 1. The molecular weight excluding hydrogens is 152 g/mol. The molecule has 0 unspecified atom stereocenters. The number of nitrogens with zero attached hydrogens (tertiary/aromatic N) is 2. The molecule has 66 valence electrons. The van der Waals surface area contributed by atoms with Gasteiger partial charge in [0.1, 0.15) is 5.69 Å². The first-order valence-electron chi connectivity index (χ1n) is 4.18. The van der Waals surface area contributed by atoms with Crippen molar-refractivity contribution in [2.24, 2.45) is 7.05 Å². The first-order valence-corrected chi connectivity index (χ1v) is 4.18. The predicted molar refractivity (Wildman–Crippen MR) is 47.2 cm³/mol. The molecule has 0 aliphatic carbocycles. The summed E-state index contributed by atoms with van der Waals surface area (Å²) in [6, 6.07) is 0. The van der Waals surface area contributed by atoms with Gasteiger partial charge in [0.2, 0.25) is 0 Å². The molecule has 0 amide bonds. The number of carbonyl (C=O) groups is 1. The predicted octanol–water partition coefficient (Wildman–Crippen LogP) is 1.71. The summed E-state index contributed by atoms with van der Waals surface area (Å²) < 4.78 is 1.65. The van der Waals surface area contributed by atoms with Gasteiger partial charge in [0.05, 0.1) is 6.20 Å². The minimum atomic E-state index is 0.190. The van der Waals surface area contributed by atoms with E-state index in [0.717, 1.165) is 17.7 Å². The van der Waals surface area contributed by atoms with Gasteiger partial charge in [0.25, 0.3) is 0 Å². The second kappa shape index (κ2) is 3.52. The van der Waals surface area contributed by atoms with Gasteiger partial charge in [-0.1, -0.05) is 6.92 Å². The van der Waals surface area contributed by atoms with E-state index in [-0.39, 0.29) is 5.78 Å². The van der Waals surface area contributed by atoms with E-state index >= 15 is 0 Å². The summed E-state index contributed by atoms with van der Waals surface area (Å²) in [4.78, 5) is 11.5. The van der Waals surface area contributed by atoms with Crippen molar-refractivity contribution in [1.82, 2.24) is 9.78 Å². The molecule has 0 N–H and O–H groups in total. The number of hydrogen-bond acceptors (Lipinski definition) is 2. The molecule has 0 radical (unpaired) electrons. The van der Waals surface area contributed by atoms with Crippen LogP contribution in [0.5, 0.6) is 0 Å². The van der Waals surface area contributed by atoms with Crippen LogP contribution in [0.15, 0.2) is 6.20 Å². The zero-order chi connectivity index (χ0) is 9.14. The summed E-state index contributed by atoms with van der Waals surface area (Å²) in [5.41, 5.74) is 1.72. The third kappa shape index (κ3) is 1.55. The van der Waals surface area contributed by atoms with Crippen LogP contribution in [-0.2, 0) is 7.05 Å². The average Bonchev–Trinajstić information content (AvgIpc) is 2.32. The number of hydrogen-bond donors (Lipinski definition) is 0. The summed E-state index contributed by atoms with van der Waals surface area (Å²) in [5, 5.41) is 4.02. The summed E-state index contributed by atoms with van der Waals surface area (Å²) in [5.74, 6) is 0.190. The molecule has 1 heterocycles. The fourth-order valence-corrected chi connectivity index (χ4v) is 1.29. The van der Waals surface area contributed by atoms with Crippen LogP contribution in [0.2, 0.25) is 0 Å². The second-order valence-electron chi connectivity index (χ2n) is 2.97. The van der Waals surface area contributed by atoms with Crippen molar-refractivity contribution < 1.29 is 4.79 Å². The van der Waals surface area contributed by atoms with Crippen LogP contribution in [0.3, 0.4) is 0 Å². The van der Waals surface area contributed by atoms with Gasteiger partial charge < -0.3 is 0 Å². The van der Waals surface area contributed by atoms with Crippen molar-refractivity contribution in [1.29, 1.82) is 0 Å². The quantitative estimate of drug-likeness (QED) is 0.641. The maximum atomic E-state index is 11.5. The highest BCUT2D eigenvalue weighted by Gasteiger charge is 2.12. The molecule has 1 aromatic heterocycles. The molecule has 0 atom stereocenters. The van der Waals surface area contributed by atoms with E-state index in [0.29, 0.717) is 6.42 Å². The lowest BCUT2D eigenvalue weighted by molar-refractivity contribution is 0.0972. The van der Waals surface area contributed by atoms with E-state index in [1.54, 1.807) is 17.9 Å². The average molecular weight is 166 g/mol. The zero-order valence-electron chi connectivity index (χ0n) is 7.79. The molecular formula is C9H14N2O. The maximum absolute atomic E-state index is 11.5. The molecule has 1 rings (SSSR count). The lowest BCUT2D eigenvalue weighted by Gasteiger charge is -2.00. The van der Waals surface area contributed by atoms with Gasteiger partial charge in [-0.25, -0.2) is 0 Å². The van der Waals surface area contributed by atoms with E-state index in [2.05, 4.69) is 5.10 Å². The van der Waals surface area contributed by atoms with Gasteiger partial charge in [-0.3, -0.25) is 9.48 Å². The van der Waals surface area contributed by atoms with Crippen LogP contribution in [0.4, 0.5) is 0 Å². The molecule has 0 fully saturated rings. The van der Waals surface area contributed by atoms with Gasteiger partial charge in [-0.05, 0) is 18.9 Å². The minimum absolute atomic E-state index is 0.190. The summed E-state index contributed by atoms with van der Waals surface area (Å²) >= 11 is 0. The lowest BCUT2D eigenvalue weighted by atomic mass is 10.1. The third-order valence-electron chi connectivity index (χ3n) is 1.86. The Bertz CT molecular complexity index is 269. The highest BCUT2D eigenvalue weighted by molar-refractivity contribution is 5.95. The Kier molecular flexibility index (Phi) is 2.63. The second-order valence-corrected chi connectivity index (χ2v) is 2.97. The van der Waals surface area contributed by atoms with Crippen molar-refractivity contribution >= 4 is 5.78 Å². The first kappa shape index (κ1) is 8.97. The number of aromatic nitrogens is 2. The van der Waals surface area contributed by atoms with Crippen LogP contribution >= 0.6 is 0 Å². The molecule has 0 saturated carbocycles. The Balaban J connectivity index is 2.93. The van der Waals surface area contributed by atoms with Crippen LogP contribution in [0, 0.1) is 6.92 Å². The molecule has 12 heavy (non-hydrogen) atoms. The van der Waals surface area contributed by atoms with Crippen LogP contribution in [0.25, 0.3) is 0 Å². The van der Waals surface area contributed by atoms with Crippen molar-refractivity contribution in [2.75, 3.05) is 0 Å². The standard InChI is InChI=1S/C9H14N2O/c1-4-5-8(12)9-7(2)6-10-11(9)3/h6H,4-5H2,1-3H3. The van der Waals surface area contributed by atoms with Crippen molar-refractivity contribution in [3.05, 3.63) is 17.5 Å².